The van der Waals surface area contributed by atoms with Gasteiger partial charge in [0, 0.05) is 30.6 Å². The summed E-state index contributed by atoms with van der Waals surface area (Å²) in [4.78, 5) is 14.4. The van der Waals surface area contributed by atoms with Crippen molar-refractivity contribution in [2.75, 3.05) is 13.1 Å². The summed E-state index contributed by atoms with van der Waals surface area (Å²) in [5.41, 5.74) is 8.44. The standard InChI is InChI=1S/C18H21N3O3S/c19-17-11-21(10-16(17)14-4-2-1-3-5-14)18(22)15-8-6-13(7-9-15)12-25(20,23)24/h1-9,16-17H,10-12,19H2,(H2,20,23,24)/t16-,17+/m0/s1. The average Bonchev–Trinajstić information content (AvgIpc) is 2.96. The van der Waals surface area contributed by atoms with Gasteiger partial charge in [0.05, 0.1) is 5.75 Å². The van der Waals surface area contributed by atoms with Gasteiger partial charge in [0.25, 0.3) is 5.91 Å². The first kappa shape index (κ1) is 17.6. The number of likely N-dealkylation sites (tertiary alicyclic amines) is 1. The number of nitrogens with two attached hydrogens (primary N) is 2. The first-order valence-electron chi connectivity index (χ1n) is 8.03. The highest BCUT2D eigenvalue weighted by Gasteiger charge is 2.34. The number of sulfonamides is 1. The predicted octanol–water partition coefficient (Wildman–Crippen LogP) is 1.04. The fraction of sp³-hybridized carbons (Fsp3) is 0.278. The van der Waals surface area contributed by atoms with Gasteiger partial charge in [-0.15, -0.1) is 0 Å². The van der Waals surface area contributed by atoms with E-state index in [1.54, 1.807) is 29.2 Å². The molecule has 7 heteroatoms. The zero-order chi connectivity index (χ0) is 18.0. The zero-order valence-corrected chi connectivity index (χ0v) is 14.5. The van der Waals surface area contributed by atoms with Gasteiger partial charge in [-0.2, -0.15) is 0 Å². The third-order valence-electron chi connectivity index (χ3n) is 4.45. The van der Waals surface area contributed by atoms with Gasteiger partial charge in [-0.3, -0.25) is 4.79 Å². The highest BCUT2D eigenvalue weighted by atomic mass is 32.2. The van der Waals surface area contributed by atoms with E-state index in [9.17, 15) is 13.2 Å². The van der Waals surface area contributed by atoms with Gasteiger partial charge in [-0.25, -0.2) is 13.6 Å². The van der Waals surface area contributed by atoms with Crippen LogP contribution in [0.1, 0.15) is 27.4 Å². The van der Waals surface area contributed by atoms with Crippen LogP contribution in [0, 0.1) is 0 Å². The van der Waals surface area contributed by atoms with E-state index in [-0.39, 0.29) is 23.6 Å². The average molecular weight is 359 g/mol. The van der Waals surface area contributed by atoms with Crippen molar-refractivity contribution in [3.8, 4) is 0 Å². The molecule has 2 aromatic carbocycles. The van der Waals surface area contributed by atoms with Gasteiger partial charge in [0.15, 0.2) is 0 Å². The third-order valence-corrected chi connectivity index (χ3v) is 5.18. The maximum Gasteiger partial charge on any atom is 0.253 e. The van der Waals surface area contributed by atoms with E-state index in [0.717, 1.165) is 5.56 Å². The van der Waals surface area contributed by atoms with Crippen LogP contribution in [0.2, 0.25) is 0 Å². The van der Waals surface area contributed by atoms with Gasteiger partial charge in [0.1, 0.15) is 0 Å². The molecule has 4 N–H and O–H groups in total. The Balaban J connectivity index is 1.71. The molecule has 0 bridgehead atoms. The van der Waals surface area contributed by atoms with Crippen molar-refractivity contribution in [2.24, 2.45) is 10.9 Å². The Labute approximate surface area is 147 Å². The second-order valence-corrected chi connectivity index (χ2v) is 8.01. The van der Waals surface area contributed by atoms with E-state index < -0.39 is 10.0 Å². The minimum atomic E-state index is -3.58. The van der Waals surface area contributed by atoms with Crippen molar-refractivity contribution in [3.63, 3.8) is 0 Å². The molecule has 0 unspecified atom stereocenters. The molecule has 1 aliphatic rings. The number of hydrogen-bond acceptors (Lipinski definition) is 4. The highest BCUT2D eigenvalue weighted by Crippen LogP contribution is 2.27. The van der Waals surface area contributed by atoms with Crippen molar-refractivity contribution in [1.29, 1.82) is 0 Å². The van der Waals surface area contributed by atoms with Crippen molar-refractivity contribution >= 4 is 15.9 Å². The molecule has 0 radical (unpaired) electrons. The third kappa shape index (κ3) is 4.25. The molecule has 2 aromatic rings. The highest BCUT2D eigenvalue weighted by molar-refractivity contribution is 7.88. The number of benzene rings is 2. The number of amides is 1. The normalized spacial score (nSPS) is 20.6. The Kier molecular flexibility index (Phi) is 4.89. The second kappa shape index (κ2) is 6.95. The lowest BCUT2D eigenvalue weighted by molar-refractivity contribution is 0.0789. The summed E-state index contributed by atoms with van der Waals surface area (Å²) in [5, 5.41) is 5.03. The Morgan fingerprint density at radius 1 is 1.04 bits per heavy atom. The Morgan fingerprint density at radius 2 is 1.68 bits per heavy atom. The van der Waals surface area contributed by atoms with E-state index in [1.165, 1.54) is 0 Å². The molecule has 2 atom stereocenters. The molecule has 0 aromatic heterocycles. The van der Waals surface area contributed by atoms with Crippen LogP contribution in [-0.4, -0.2) is 38.4 Å². The van der Waals surface area contributed by atoms with Crippen LogP contribution >= 0.6 is 0 Å². The van der Waals surface area contributed by atoms with Crippen LogP contribution in [0.4, 0.5) is 0 Å². The minimum absolute atomic E-state index is 0.101. The summed E-state index contributed by atoms with van der Waals surface area (Å²) < 4.78 is 22.2. The Hall–Kier alpha value is -2.22. The van der Waals surface area contributed by atoms with Crippen molar-refractivity contribution in [3.05, 3.63) is 71.3 Å². The van der Waals surface area contributed by atoms with Crippen molar-refractivity contribution in [1.82, 2.24) is 4.90 Å². The molecule has 1 heterocycles. The maximum absolute atomic E-state index is 12.7. The lowest BCUT2D eigenvalue weighted by atomic mass is 9.95. The molecule has 1 amide bonds. The lowest BCUT2D eigenvalue weighted by Gasteiger charge is -2.17. The molecule has 0 saturated carbocycles. The molecule has 132 valence electrons. The number of hydrogen-bond donors (Lipinski definition) is 2. The maximum atomic E-state index is 12.7. The van der Waals surface area contributed by atoms with Crippen LogP contribution in [0.15, 0.2) is 54.6 Å². The predicted molar refractivity (Wildman–Crippen MR) is 96.3 cm³/mol. The molecule has 6 nitrogen and oxygen atoms in total. The molecule has 0 spiro atoms. The van der Waals surface area contributed by atoms with E-state index in [0.29, 0.717) is 24.2 Å². The van der Waals surface area contributed by atoms with Gasteiger partial charge in [-0.1, -0.05) is 42.5 Å². The van der Waals surface area contributed by atoms with E-state index in [1.807, 2.05) is 30.3 Å². The molecule has 0 aliphatic carbocycles. The number of primary sulfonamides is 1. The topological polar surface area (TPSA) is 106 Å². The van der Waals surface area contributed by atoms with Gasteiger partial charge in [-0.05, 0) is 23.3 Å². The SMILES string of the molecule is N[C@@H]1CN(C(=O)c2ccc(CS(N)(=O)=O)cc2)C[C@H]1c1ccccc1. The summed E-state index contributed by atoms with van der Waals surface area (Å²) in [6, 6.07) is 16.3. The summed E-state index contributed by atoms with van der Waals surface area (Å²) in [6.45, 7) is 1.07. The van der Waals surface area contributed by atoms with Crippen molar-refractivity contribution < 1.29 is 13.2 Å². The number of nitrogens with zero attached hydrogens (tertiary/aromatic N) is 1. The number of carbonyl (C=O) groups is 1. The van der Waals surface area contributed by atoms with Crippen LogP contribution in [0.3, 0.4) is 0 Å². The Bertz CT molecular complexity index is 851. The second-order valence-electron chi connectivity index (χ2n) is 6.40. The first-order valence-corrected chi connectivity index (χ1v) is 9.74. The molecule has 3 rings (SSSR count). The van der Waals surface area contributed by atoms with Crippen LogP contribution < -0.4 is 10.9 Å². The summed E-state index contributed by atoms with van der Waals surface area (Å²) >= 11 is 0. The zero-order valence-electron chi connectivity index (χ0n) is 13.7. The van der Waals surface area contributed by atoms with Crippen LogP contribution in [0.25, 0.3) is 0 Å². The van der Waals surface area contributed by atoms with E-state index in [4.69, 9.17) is 10.9 Å². The molecule has 25 heavy (non-hydrogen) atoms. The van der Waals surface area contributed by atoms with Gasteiger partial charge >= 0.3 is 0 Å². The molecule has 1 fully saturated rings. The Morgan fingerprint density at radius 3 is 2.28 bits per heavy atom. The molecular weight excluding hydrogens is 338 g/mol. The largest absolute Gasteiger partial charge is 0.336 e. The minimum Gasteiger partial charge on any atom is -0.336 e. The van der Waals surface area contributed by atoms with Gasteiger partial charge in [0.2, 0.25) is 10.0 Å². The fourth-order valence-electron chi connectivity index (χ4n) is 3.21. The fourth-order valence-corrected chi connectivity index (χ4v) is 3.86. The van der Waals surface area contributed by atoms with Crippen molar-refractivity contribution in [2.45, 2.75) is 17.7 Å². The number of rotatable bonds is 4. The van der Waals surface area contributed by atoms with E-state index >= 15 is 0 Å². The molecule has 1 saturated heterocycles. The molecular formula is C18H21N3O3S. The summed E-state index contributed by atoms with van der Waals surface area (Å²) in [7, 11) is -3.58. The molecule has 1 aliphatic heterocycles. The van der Waals surface area contributed by atoms with Gasteiger partial charge < -0.3 is 10.6 Å². The first-order chi connectivity index (χ1) is 11.8. The lowest BCUT2D eigenvalue weighted by Crippen LogP contribution is -2.32. The summed E-state index contributed by atoms with van der Waals surface area (Å²) in [6.07, 6.45) is 0. The monoisotopic (exact) mass is 359 g/mol. The quantitative estimate of drug-likeness (QED) is 0.850. The van der Waals surface area contributed by atoms with Crippen LogP contribution in [-0.2, 0) is 15.8 Å². The van der Waals surface area contributed by atoms with E-state index in [2.05, 4.69) is 0 Å². The number of carbonyl (C=O) groups excluding carboxylic acids is 1. The smallest absolute Gasteiger partial charge is 0.253 e. The van der Waals surface area contributed by atoms with Crippen LogP contribution in [0.5, 0.6) is 0 Å². The summed E-state index contributed by atoms with van der Waals surface area (Å²) in [5.74, 6) is -0.227.